The highest BCUT2D eigenvalue weighted by Gasteiger charge is 2.24. The number of rotatable bonds is 9. The van der Waals surface area contributed by atoms with E-state index in [2.05, 4.69) is 11.9 Å². The van der Waals surface area contributed by atoms with Gasteiger partial charge in [-0.15, -0.1) is 29.3 Å². The molecule has 1 aliphatic carbocycles. The Bertz CT molecular complexity index is 1590. The third kappa shape index (κ3) is 5.73. The quantitative estimate of drug-likeness (QED) is 0.0795. The van der Waals surface area contributed by atoms with Crippen molar-refractivity contribution in [2.45, 2.75) is 50.7 Å². The summed E-state index contributed by atoms with van der Waals surface area (Å²) in [7, 11) is 0. The van der Waals surface area contributed by atoms with Crippen LogP contribution in [0.4, 0.5) is 5.00 Å². The van der Waals surface area contributed by atoms with Crippen LogP contribution in [-0.4, -0.2) is 33.8 Å². The van der Waals surface area contributed by atoms with Crippen LogP contribution in [-0.2, 0) is 28.9 Å². The lowest BCUT2D eigenvalue weighted by molar-refractivity contribution is -0.113. The molecule has 0 fully saturated rings. The van der Waals surface area contributed by atoms with E-state index in [1.54, 1.807) is 28.9 Å². The van der Waals surface area contributed by atoms with Crippen LogP contribution in [0.1, 0.15) is 47.0 Å². The van der Waals surface area contributed by atoms with Crippen molar-refractivity contribution < 1.29 is 14.3 Å². The number of hydrogen-bond acceptors (Lipinski definition) is 8. The van der Waals surface area contributed by atoms with Crippen LogP contribution in [0.5, 0.6) is 0 Å². The van der Waals surface area contributed by atoms with Crippen LogP contribution >= 0.6 is 34.4 Å². The Kier molecular flexibility index (Phi) is 8.64. The summed E-state index contributed by atoms with van der Waals surface area (Å²) in [6.07, 6.45) is 6.95. The number of amides is 1. The summed E-state index contributed by atoms with van der Waals surface area (Å²) in [4.78, 5) is 46.3. The number of allylic oxidation sites excluding steroid dienone is 1. The zero-order valence-electron chi connectivity index (χ0n) is 21.7. The molecule has 3 aromatic heterocycles. The summed E-state index contributed by atoms with van der Waals surface area (Å²) in [5.74, 6) is -0.750. The second-order valence-electron chi connectivity index (χ2n) is 9.12. The minimum absolute atomic E-state index is 0.0288. The molecule has 0 saturated carbocycles. The highest BCUT2D eigenvalue weighted by molar-refractivity contribution is 7.99. The first kappa shape index (κ1) is 27.4. The number of hydrogen-bond donors (Lipinski definition) is 1. The molecule has 1 aromatic carbocycles. The highest BCUT2D eigenvalue weighted by atomic mass is 32.2. The van der Waals surface area contributed by atoms with Crippen molar-refractivity contribution in [1.82, 2.24) is 9.55 Å². The molecule has 0 bridgehead atoms. The number of nitrogens with zero attached hydrogens (tertiary/aromatic N) is 2. The molecule has 3 heterocycles. The Hall–Kier alpha value is -3.21. The number of aryl methyl sites for hydroxylation is 2. The Balaban J connectivity index is 1.40. The molecule has 0 unspecified atom stereocenters. The van der Waals surface area contributed by atoms with Gasteiger partial charge in [0.1, 0.15) is 15.4 Å². The van der Waals surface area contributed by atoms with E-state index >= 15 is 0 Å². The van der Waals surface area contributed by atoms with Gasteiger partial charge in [-0.2, -0.15) is 0 Å². The molecule has 0 aliphatic heterocycles. The maximum atomic E-state index is 13.6. The van der Waals surface area contributed by atoms with Crippen LogP contribution in [0.25, 0.3) is 21.3 Å². The summed E-state index contributed by atoms with van der Waals surface area (Å²) in [6, 6.07) is 9.53. The van der Waals surface area contributed by atoms with Gasteiger partial charge in [-0.05, 0) is 43.7 Å². The van der Waals surface area contributed by atoms with Gasteiger partial charge < -0.3 is 10.1 Å². The third-order valence-electron chi connectivity index (χ3n) is 6.54. The van der Waals surface area contributed by atoms with Crippen LogP contribution in [0.15, 0.2) is 58.3 Å². The van der Waals surface area contributed by atoms with Crippen LogP contribution in [0, 0.1) is 0 Å². The molecule has 0 saturated heterocycles. The SMILES string of the molecule is C=CCn1c(SCC(=O)Nc2scc(-c3ccccc3)c2C(=O)OCC)nc2sc3c(c2c1=O)CCCCC3. The zero-order chi connectivity index (χ0) is 27.4. The molecular formula is C29H29N3O4S3. The zero-order valence-corrected chi connectivity index (χ0v) is 24.1. The maximum absolute atomic E-state index is 13.6. The lowest BCUT2D eigenvalue weighted by atomic mass is 10.0. The molecule has 39 heavy (non-hydrogen) atoms. The van der Waals surface area contributed by atoms with Crippen molar-refractivity contribution in [3.8, 4) is 11.1 Å². The smallest absolute Gasteiger partial charge is 0.341 e. The fourth-order valence-corrected chi connectivity index (χ4v) is 7.86. The van der Waals surface area contributed by atoms with Crippen LogP contribution < -0.4 is 10.9 Å². The van der Waals surface area contributed by atoms with Crippen molar-refractivity contribution in [2.24, 2.45) is 0 Å². The van der Waals surface area contributed by atoms with E-state index in [9.17, 15) is 14.4 Å². The monoisotopic (exact) mass is 579 g/mol. The molecule has 5 rings (SSSR count). The number of thiophene rings is 2. The normalized spacial score (nSPS) is 13.1. The van der Waals surface area contributed by atoms with E-state index in [4.69, 9.17) is 9.72 Å². The molecule has 0 atom stereocenters. The first-order valence-corrected chi connectivity index (χ1v) is 15.6. The van der Waals surface area contributed by atoms with E-state index < -0.39 is 5.97 Å². The summed E-state index contributed by atoms with van der Waals surface area (Å²) in [5, 5.41) is 6.38. The van der Waals surface area contributed by atoms with Crippen molar-refractivity contribution in [2.75, 3.05) is 17.7 Å². The van der Waals surface area contributed by atoms with Gasteiger partial charge in [-0.1, -0.05) is 54.6 Å². The first-order valence-electron chi connectivity index (χ1n) is 12.9. The largest absolute Gasteiger partial charge is 0.462 e. The van der Waals surface area contributed by atoms with Crippen molar-refractivity contribution >= 4 is 61.5 Å². The average molecular weight is 580 g/mol. The van der Waals surface area contributed by atoms with Gasteiger partial charge in [0.2, 0.25) is 5.91 Å². The van der Waals surface area contributed by atoms with Gasteiger partial charge >= 0.3 is 5.97 Å². The topological polar surface area (TPSA) is 90.3 Å². The van der Waals surface area contributed by atoms with Crippen molar-refractivity contribution in [3.63, 3.8) is 0 Å². The first-order chi connectivity index (χ1) is 19.0. The van der Waals surface area contributed by atoms with Gasteiger partial charge in [-0.3, -0.25) is 14.2 Å². The Morgan fingerprint density at radius 3 is 2.77 bits per heavy atom. The van der Waals surface area contributed by atoms with E-state index in [1.165, 1.54) is 34.4 Å². The molecule has 1 N–H and O–H groups in total. The van der Waals surface area contributed by atoms with Gasteiger partial charge in [0, 0.05) is 22.4 Å². The van der Waals surface area contributed by atoms with Gasteiger partial charge in [0.05, 0.1) is 17.7 Å². The Morgan fingerprint density at radius 2 is 2.00 bits per heavy atom. The number of benzene rings is 1. The van der Waals surface area contributed by atoms with Gasteiger partial charge in [0.25, 0.3) is 5.56 Å². The average Bonchev–Trinajstić information content (AvgIpc) is 3.43. The highest BCUT2D eigenvalue weighted by Crippen LogP contribution is 2.37. The third-order valence-corrected chi connectivity index (χ3v) is 9.60. The Labute approximate surface area is 238 Å². The minimum atomic E-state index is -0.482. The van der Waals surface area contributed by atoms with E-state index in [-0.39, 0.29) is 23.8 Å². The van der Waals surface area contributed by atoms with E-state index in [1.807, 2.05) is 35.7 Å². The lowest BCUT2D eigenvalue weighted by Gasteiger charge is -2.11. The lowest BCUT2D eigenvalue weighted by Crippen LogP contribution is -2.24. The summed E-state index contributed by atoms with van der Waals surface area (Å²) in [6.45, 7) is 6.11. The number of carbonyl (C=O) groups is 2. The predicted octanol–water partition coefficient (Wildman–Crippen LogP) is 6.55. The van der Waals surface area contributed by atoms with Crippen molar-refractivity contribution in [1.29, 1.82) is 0 Å². The number of esters is 1. The predicted molar refractivity (Wildman–Crippen MR) is 160 cm³/mol. The van der Waals surface area contributed by atoms with Crippen LogP contribution in [0.3, 0.4) is 0 Å². The number of anilines is 1. The molecule has 1 amide bonds. The molecule has 0 spiro atoms. The van der Waals surface area contributed by atoms with E-state index in [0.29, 0.717) is 27.8 Å². The minimum Gasteiger partial charge on any atom is -0.462 e. The standard InChI is InChI=1S/C29H29N3O4S3/c1-3-15-32-27(34)23-19-13-9-6-10-14-21(19)39-26(23)31-29(32)38-17-22(33)30-25-24(28(35)36-4-2)20(16-37-25)18-11-7-5-8-12-18/h3,5,7-8,11-12,16H,1,4,6,9-10,13-15,17H2,2H3,(H,30,33). The molecule has 0 radical (unpaired) electrons. The number of carbonyl (C=O) groups excluding carboxylic acids is 2. The second kappa shape index (κ2) is 12.3. The number of fused-ring (bicyclic) bond motifs is 3. The molecule has 4 aromatic rings. The maximum Gasteiger partial charge on any atom is 0.341 e. The van der Waals surface area contributed by atoms with Gasteiger partial charge in [0.15, 0.2) is 5.16 Å². The van der Waals surface area contributed by atoms with Crippen molar-refractivity contribution in [3.05, 3.63) is 74.7 Å². The number of thioether (sulfide) groups is 1. The molecule has 10 heteroatoms. The van der Waals surface area contributed by atoms with E-state index in [0.717, 1.165) is 47.0 Å². The number of aromatic nitrogens is 2. The molecular weight excluding hydrogens is 551 g/mol. The molecule has 7 nitrogen and oxygen atoms in total. The Morgan fingerprint density at radius 1 is 1.21 bits per heavy atom. The molecule has 202 valence electrons. The fraction of sp³-hybridized carbons (Fsp3) is 0.310. The molecule has 1 aliphatic rings. The fourth-order valence-electron chi connectivity index (χ4n) is 4.78. The number of ether oxygens (including phenoxy) is 1. The van der Waals surface area contributed by atoms with Crippen LogP contribution in [0.2, 0.25) is 0 Å². The summed E-state index contributed by atoms with van der Waals surface area (Å²) < 4.78 is 6.90. The number of nitrogens with one attached hydrogen (secondary N) is 1. The second-order valence-corrected chi connectivity index (χ2v) is 12.0. The summed E-state index contributed by atoms with van der Waals surface area (Å²) in [5.41, 5.74) is 3.00. The summed E-state index contributed by atoms with van der Waals surface area (Å²) >= 11 is 4.09. The van der Waals surface area contributed by atoms with Gasteiger partial charge in [-0.25, -0.2) is 9.78 Å².